The predicted octanol–water partition coefficient (Wildman–Crippen LogP) is 2.63. The third kappa shape index (κ3) is 4.50. The summed E-state index contributed by atoms with van der Waals surface area (Å²) in [5, 5.41) is 0. The van der Waals surface area contributed by atoms with Crippen molar-refractivity contribution in [3.05, 3.63) is 35.9 Å². The molecule has 0 radical (unpaired) electrons. The molecule has 2 N–H and O–H groups in total. The van der Waals surface area contributed by atoms with Gasteiger partial charge in [0, 0.05) is 13.1 Å². The quantitative estimate of drug-likeness (QED) is 0.928. The molecule has 1 aromatic rings. The highest BCUT2D eigenvalue weighted by Crippen LogP contribution is 2.19. The number of halogens is 1. The minimum absolute atomic E-state index is 0. The van der Waals surface area contributed by atoms with Gasteiger partial charge in [-0.05, 0) is 30.7 Å². The van der Waals surface area contributed by atoms with E-state index in [1.165, 1.54) is 6.42 Å². The first kappa shape index (κ1) is 17.0. The number of piperidine rings is 1. The Bertz CT molecular complexity index is 410. The Kier molecular flexibility index (Phi) is 7.03. The van der Waals surface area contributed by atoms with Gasteiger partial charge in [0.15, 0.2) is 0 Å². The van der Waals surface area contributed by atoms with Crippen LogP contribution in [-0.4, -0.2) is 29.9 Å². The lowest BCUT2D eigenvalue weighted by molar-refractivity contribution is -0.134. The molecule has 1 aliphatic rings. The second kappa shape index (κ2) is 8.28. The van der Waals surface area contributed by atoms with Crippen molar-refractivity contribution in [3.63, 3.8) is 0 Å². The van der Waals surface area contributed by atoms with Gasteiger partial charge in [-0.2, -0.15) is 0 Å². The van der Waals surface area contributed by atoms with Crippen LogP contribution in [0.3, 0.4) is 0 Å². The molecule has 4 heteroatoms. The van der Waals surface area contributed by atoms with Gasteiger partial charge in [0.25, 0.3) is 0 Å². The van der Waals surface area contributed by atoms with Crippen molar-refractivity contribution < 1.29 is 4.79 Å². The number of carbonyl (C=O) groups is 1. The van der Waals surface area contributed by atoms with Gasteiger partial charge in [0.2, 0.25) is 5.91 Å². The van der Waals surface area contributed by atoms with E-state index in [0.29, 0.717) is 12.3 Å². The lowest BCUT2D eigenvalue weighted by Gasteiger charge is -2.34. The molecule has 1 amide bonds. The first-order valence-corrected chi connectivity index (χ1v) is 7.29. The topological polar surface area (TPSA) is 46.3 Å². The van der Waals surface area contributed by atoms with Crippen molar-refractivity contribution in [2.45, 2.75) is 38.6 Å². The zero-order valence-electron chi connectivity index (χ0n) is 12.1. The second-order valence-corrected chi connectivity index (χ2v) is 5.50. The zero-order chi connectivity index (χ0) is 13.7. The maximum absolute atomic E-state index is 12.4. The lowest BCUT2D eigenvalue weighted by atomic mass is 9.94. The highest BCUT2D eigenvalue weighted by molar-refractivity contribution is 5.85. The van der Waals surface area contributed by atoms with Gasteiger partial charge in [-0.25, -0.2) is 0 Å². The molecule has 0 aliphatic carbocycles. The monoisotopic (exact) mass is 296 g/mol. The minimum Gasteiger partial charge on any atom is -0.341 e. The van der Waals surface area contributed by atoms with E-state index < -0.39 is 6.04 Å². The van der Waals surface area contributed by atoms with Gasteiger partial charge >= 0.3 is 0 Å². The molecule has 20 heavy (non-hydrogen) atoms. The fourth-order valence-electron chi connectivity index (χ4n) is 2.79. The molecule has 0 aromatic heterocycles. The molecule has 112 valence electrons. The average Bonchev–Trinajstić information content (AvgIpc) is 2.47. The lowest BCUT2D eigenvalue weighted by Crippen LogP contribution is -2.48. The number of nitrogens with two attached hydrogens (primary N) is 1. The van der Waals surface area contributed by atoms with Crippen molar-refractivity contribution in [2.75, 3.05) is 13.1 Å². The number of likely N-dealkylation sites (tertiary alicyclic amines) is 1. The van der Waals surface area contributed by atoms with Gasteiger partial charge in [0.1, 0.15) is 0 Å². The summed E-state index contributed by atoms with van der Waals surface area (Å²) < 4.78 is 0. The van der Waals surface area contributed by atoms with Crippen LogP contribution in [0, 0.1) is 5.92 Å². The molecule has 1 aromatic carbocycles. The van der Waals surface area contributed by atoms with E-state index in [4.69, 9.17) is 5.73 Å². The van der Waals surface area contributed by atoms with E-state index in [1.807, 2.05) is 35.2 Å². The van der Waals surface area contributed by atoms with Gasteiger partial charge in [-0.15, -0.1) is 12.4 Å². The zero-order valence-corrected chi connectivity index (χ0v) is 12.9. The number of rotatable bonds is 4. The molecule has 2 unspecified atom stereocenters. The summed E-state index contributed by atoms with van der Waals surface area (Å²) in [5.41, 5.74) is 7.21. The second-order valence-electron chi connectivity index (χ2n) is 5.50. The molecule has 1 heterocycles. The van der Waals surface area contributed by atoms with Crippen LogP contribution in [0.5, 0.6) is 0 Å². The Balaban J connectivity index is 0.00000200. The molecular weight excluding hydrogens is 272 g/mol. The van der Waals surface area contributed by atoms with Crippen molar-refractivity contribution in [2.24, 2.45) is 11.7 Å². The van der Waals surface area contributed by atoms with Crippen molar-refractivity contribution in [1.82, 2.24) is 4.90 Å². The molecule has 2 rings (SSSR count). The van der Waals surface area contributed by atoms with E-state index >= 15 is 0 Å². The third-order valence-electron chi connectivity index (χ3n) is 4.02. The first-order valence-electron chi connectivity index (χ1n) is 7.29. The molecule has 1 saturated heterocycles. The predicted molar refractivity (Wildman–Crippen MR) is 85.0 cm³/mol. The average molecular weight is 297 g/mol. The summed E-state index contributed by atoms with van der Waals surface area (Å²) in [4.78, 5) is 14.3. The molecule has 0 bridgehead atoms. The van der Waals surface area contributed by atoms with E-state index in [0.717, 1.165) is 31.5 Å². The van der Waals surface area contributed by atoms with E-state index in [-0.39, 0.29) is 18.3 Å². The minimum atomic E-state index is -0.405. The number of nitrogens with zero attached hydrogens (tertiary/aromatic N) is 1. The Labute approximate surface area is 127 Å². The Morgan fingerprint density at radius 2 is 2.10 bits per heavy atom. The Hall–Kier alpha value is -1.06. The van der Waals surface area contributed by atoms with Crippen LogP contribution in [0.1, 0.15) is 31.7 Å². The molecule has 0 saturated carbocycles. The summed E-state index contributed by atoms with van der Waals surface area (Å²) in [6.45, 7) is 3.96. The third-order valence-corrected chi connectivity index (χ3v) is 4.02. The first-order chi connectivity index (χ1) is 9.20. The van der Waals surface area contributed by atoms with Crippen molar-refractivity contribution in [1.29, 1.82) is 0 Å². The van der Waals surface area contributed by atoms with Crippen LogP contribution in [0.25, 0.3) is 0 Å². The highest BCUT2D eigenvalue weighted by atomic mass is 35.5. The summed E-state index contributed by atoms with van der Waals surface area (Å²) in [5.74, 6) is 0.767. The standard InChI is InChI=1S/C16H24N2O.ClH/c1-2-13-9-6-10-18(12-13)16(19)15(17)11-14-7-4-3-5-8-14;/h3-5,7-8,13,15H,2,6,9-12,17H2,1H3;1H. The van der Waals surface area contributed by atoms with Crippen LogP contribution < -0.4 is 5.73 Å². The summed E-state index contributed by atoms with van der Waals surface area (Å²) in [6.07, 6.45) is 4.14. The largest absolute Gasteiger partial charge is 0.341 e. The Morgan fingerprint density at radius 3 is 2.75 bits per heavy atom. The molecular formula is C16H25ClN2O. The molecule has 1 fully saturated rings. The van der Waals surface area contributed by atoms with Crippen LogP contribution in [0.4, 0.5) is 0 Å². The van der Waals surface area contributed by atoms with Gasteiger partial charge in [-0.1, -0.05) is 43.7 Å². The maximum atomic E-state index is 12.4. The molecule has 1 aliphatic heterocycles. The number of benzene rings is 1. The van der Waals surface area contributed by atoms with E-state index in [1.54, 1.807) is 0 Å². The fraction of sp³-hybridized carbons (Fsp3) is 0.562. The summed E-state index contributed by atoms with van der Waals surface area (Å²) in [6, 6.07) is 9.60. The number of amides is 1. The smallest absolute Gasteiger partial charge is 0.239 e. The molecule has 3 nitrogen and oxygen atoms in total. The van der Waals surface area contributed by atoms with E-state index in [9.17, 15) is 4.79 Å². The highest BCUT2D eigenvalue weighted by Gasteiger charge is 2.26. The fourth-order valence-corrected chi connectivity index (χ4v) is 2.79. The molecule has 0 spiro atoms. The van der Waals surface area contributed by atoms with Crippen LogP contribution in [0.2, 0.25) is 0 Å². The van der Waals surface area contributed by atoms with Gasteiger partial charge < -0.3 is 10.6 Å². The van der Waals surface area contributed by atoms with Crippen LogP contribution in [-0.2, 0) is 11.2 Å². The van der Waals surface area contributed by atoms with E-state index in [2.05, 4.69) is 6.92 Å². The van der Waals surface area contributed by atoms with Crippen molar-refractivity contribution >= 4 is 18.3 Å². The van der Waals surface area contributed by atoms with Crippen molar-refractivity contribution in [3.8, 4) is 0 Å². The number of hydrogen-bond donors (Lipinski definition) is 1. The maximum Gasteiger partial charge on any atom is 0.239 e. The van der Waals surface area contributed by atoms with Crippen LogP contribution in [0.15, 0.2) is 30.3 Å². The SMILES string of the molecule is CCC1CCCN(C(=O)C(N)Cc2ccccc2)C1.Cl. The van der Waals surface area contributed by atoms with Crippen LogP contribution >= 0.6 is 12.4 Å². The summed E-state index contributed by atoms with van der Waals surface area (Å²) in [7, 11) is 0. The Morgan fingerprint density at radius 1 is 1.40 bits per heavy atom. The normalized spacial score (nSPS) is 20.1. The van der Waals surface area contributed by atoms with Gasteiger partial charge in [-0.3, -0.25) is 4.79 Å². The summed E-state index contributed by atoms with van der Waals surface area (Å²) >= 11 is 0. The molecule has 2 atom stereocenters. The number of hydrogen-bond acceptors (Lipinski definition) is 2. The van der Waals surface area contributed by atoms with Gasteiger partial charge in [0.05, 0.1) is 6.04 Å². The number of carbonyl (C=O) groups excluding carboxylic acids is 1.